The minimum Gasteiger partial charge on any atom is -0.384 e. The van der Waals surface area contributed by atoms with E-state index in [4.69, 9.17) is 0 Å². The van der Waals surface area contributed by atoms with E-state index in [9.17, 15) is 18.3 Å². The van der Waals surface area contributed by atoms with Gasteiger partial charge in [0, 0.05) is 0 Å². The standard InChI is InChI=1S/C16H15F3O/c1-10-7-11(2)9-12(8-10)15(20)13-5-3-4-6-14(13)16(17,18)19/h3-9,15,20H,1-2H3. The van der Waals surface area contributed by atoms with Gasteiger partial charge >= 0.3 is 6.18 Å². The van der Waals surface area contributed by atoms with Crippen LogP contribution in [0.1, 0.15) is 33.9 Å². The fourth-order valence-corrected chi connectivity index (χ4v) is 2.34. The molecule has 2 aromatic rings. The van der Waals surface area contributed by atoms with Crippen LogP contribution in [-0.2, 0) is 6.18 Å². The lowest BCUT2D eigenvalue weighted by Crippen LogP contribution is -2.12. The number of aliphatic hydroxyl groups is 1. The van der Waals surface area contributed by atoms with Gasteiger partial charge in [0.15, 0.2) is 0 Å². The van der Waals surface area contributed by atoms with Crippen molar-refractivity contribution in [2.45, 2.75) is 26.1 Å². The van der Waals surface area contributed by atoms with Crippen LogP contribution in [0, 0.1) is 13.8 Å². The van der Waals surface area contributed by atoms with E-state index in [1.54, 1.807) is 12.1 Å². The minimum atomic E-state index is -4.48. The third-order valence-corrected chi connectivity index (χ3v) is 3.12. The first-order valence-electron chi connectivity index (χ1n) is 6.21. The van der Waals surface area contributed by atoms with E-state index in [1.807, 2.05) is 19.9 Å². The number of halogens is 3. The van der Waals surface area contributed by atoms with Gasteiger partial charge in [-0.05, 0) is 31.0 Å². The van der Waals surface area contributed by atoms with Gasteiger partial charge in [0.1, 0.15) is 6.10 Å². The average molecular weight is 280 g/mol. The Morgan fingerprint density at radius 3 is 2.05 bits per heavy atom. The third kappa shape index (κ3) is 3.02. The van der Waals surface area contributed by atoms with Crippen molar-refractivity contribution in [2.75, 3.05) is 0 Å². The minimum absolute atomic E-state index is 0.120. The van der Waals surface area contributed by atoms with Gasteiger partial charge in [-0.1, -0.05) is 47.5 Å². The highest BCUT2D eigenvalue weighted by Gasteiger charge is 2.34. The van der Waals surface area contributed by atoms with Crippen molar-refractivity contribution in [1.29, 1.82) is 0 Å². The van der Waals surface area contributed by atoms with Crippen molar-refractivity contribution in [1.82, 2.24) is 0 Å². The average Bonchev–Trinajstić information content (AvgIpc) is 2.35. The Hall–Kier alpha value is -1.81. The molecule has 2 aromatic carbocycles. The van der Waals surface area contributed by atoms with Crippen LogP contribution in [0.5, 0.6) is 0 Å². The maximum absolute atomic E-state index is 13.0. The molecule has 20 heavy (non-hydrogen) atoms. The lowest BCUT2D eigenvalue weighted by atomic mass is 9.94. The predicted octanol–water partition coefficient (Wildman–Crippen LogP) is 4.40. The summed E-state index contributed by atoms with van der Waals surface area (Å²) in [5.41, 5.74) is 1.36. The van der Waals surface area contributed by atoms with Crippen molar-refractivity contribution < 1.29 is 18.3 Å². The number of alkyl halides is 3. The number of hydrogen-bond acceptors (Lipinski definition) is 1. The van der Waals surface area contributed by atoms with Gasteiger partial charge in [0.25, 0.3) is 0 Å². The highest BCUT2D eigenvalue weighted by atomic mass is 19.4. The zero-order valence-electron chi connectivity index (χ0n) is 11.2. The molecule has 4 heteroatoms. The lowest BCUT2D eigenvalue weighted by molar-refractivity contribution is -0.139. The highest BCUT2D eigenvalue weighted by molar-refractivity contribution is 5.40. The Bertz CT molecular complexity index is 597. The molecule has 0 bridgehead atoms. The summed E-state index contributed by atoms with van der Waals surface area (Å²) < 4.78 is 38.9. The Morgan fingerprint density at radius 1 is 0.950 bits per heavy atom. The molecule has 0 fully saturated rings. The summed E-state index contributed by atoms with van der Waals surface area (Å²) in [6.07, 6.45) is -5.76. The fraction of sp³-hybridized carbons (Fsp3) is 0.250. The molecule has 0 radical (unpaired) electrons. The Labute approximate surface area is 115 Å². The summed E-state index contributed by atoms with van der Waals surface area (Å²) in [6.45, 7) is 3.69. The number of aliphatic hydroxyl groups excluding tert-OH is 1. The maximum atomic E-state index is 13.0. The van der Waals surface area contributed by atoms with Crippen molar-refractivity contribution in [3.8, 4) is 0 Å². The molecule has 1 nitrogen and oxygen atoms in total. The SMILES string of the molecule is Cc1cc(C)cc(C(O)c2ccccc2C(F)(F)F)c1. The first kappa shape index (κ1) is 14.6. The monoisotopic (exact) mass is 280 g/mol. The van der Waals surface area contributed by atoms with Crippen molar-refractivity contribution >= 4 is 0 Å². The molecular formula is C16H15F3O. The summed E-state index contributed by atoms with van der Waals surface area (Å²) in [4.78, 5) is 0. The molecule has 1 unspecified atom stereocenters. The Kier molecular flexibility index (Phi) is 3.86. The number of benzene rings is 2. The Morgan fingerprint density at radius 2 is 1.50 bits per heavy atom. The summed E-state index contributed by atoms with van der Waals surface area (Å²) >= 11 is 0. The summed E-state index contributed by atoms with van der Waals surface area (Å²) in [6, 6.07) is 10.4. The van der Waals surface area contributed by atoms with Crippen LogP contribution in [0.25, 0.3) is 0 Å². The molecule has 106 valence electrons. The zero-order valence-corrected chi connectivity index (χ0v) is 11.2. The topological polar surface area (TPSA) is 20.2 Å². The molecular weight excluding hydrogens is 265 g/mol. The Balaban J connectivity index is 2.51. The number of hydrogen-bond donors (Lipinski definition) is 1. The first-order valence-corrected chi connectivity index (χ1v) is 6.21. The lowest BCUT2D eigenvalue weighted by Gasteiger charge is -2.18. The van der Waals surface area contributed by atoms with Crippen LogP contribution >= 0.6 is 0 Å². The van der Waals surface area contributed by atoms with E-state index in [2.05, 4.69) is 0 Å². The van der Waals surface area contributed by atoms with E-state index in [0.717, 1.165) is 17.2 Å². The summed E-state index contributed by atoms with van der Waals surface area (Å²) in [5.74, 6) is 0. The molecule has 0 aliphatic heterocycles. The van der Waals surface area contributed by atoms with E-state index in [1.165, 1.54) is 18.2 Å². The van der Waals surface area contributed by atoms with Gasteiger partial charge in [-0.2, -0.15) is 13.2 Å². The fourth-order valence-electron chi connectivity index (χ4n) is 2.34. The van der Waals surface area contributed by atoms with E-state index in [0.29, 0.717) is 5.56 Å². The second-order valence-electron chi connectivity index (χ2n) is 4.91. The molecule has 0 aliphatic rings. The molecule has 0 aromatic heterocycles. The molecule has 1 atom stereocenters. The summed E-state index contributed by atoms with van der Waals surface area (Å²) in [7, 11) is 0. The molecule has 1 N–H and O–H groups in total. The highest BCUT2D eigenvalue weighted by Crippen LogP contribution is 2.36. The van der Waals surface area contributed by atoms with Crippen molar-refractivity contribution in [2.24, 2.45) is 0 Å². The smallest absolute Gasteiger partial charge is 0.384 e. The van der Waals surface area contributed by atoms with Gasteiger partial charge in [-0.15, -0.1) is 0 Å². The normalized spacial score (nSPS) is 13.3. The van der Waals surface area contributed by atoms with Gasteiger partial charge in [0.05, 0.1) is 5.56 Å². The number of aryl methyl sites for hydroxylation is 2. The first-order chi connectivity index (χ1) is 9.29. The third-order valence-electron chi connectivity index (χ3n) is 3.12. The quantitative estimate of drug-likeness (QED) is 0.864. The predicted molar refractivity (Wildman–Crippen MR) is 71.4 cm³/mol. The second kappa shape index (κ2) is 5.29. The van der Waals surface area contributed by atoms with Crippen LogP contribution in [0.2, 0.25) is 0 Å². The van der Waals surface area contributed by atoms with Crippen molar-refractivity contribution in [3.63, 3.8) is 0 Å². The molecule has 0 saturated carbocycles. The van der Waals surface area contributed by atoms with Crippen molar-refractivity contribution in [3.05, 3.63) is 70.3 Å². The van der Waals surface area contributed by atoms with Crippen LogP contribution in [0.4, 0.5) is 13.2 Å². The van der Waals surface area contributed by atoms with E-state index >= 15 is 0 Å². The number of rotatable bonds is 2. The van der Waals surface area contributed by atoms with E-state index in [-0.39, 0.29) is 5.56 Å². The second-order valence-corrected chi connectivity index (χ2v) is 4.91. The molecule has 0 saturated heterocycles. The van der Waals surface area contributed by atoms with Gasteiger partial charge in [-0.3, -0.25) is 0 Å². The zero-order chi connectivity index (χ0) is 14.9. The van der Waals surface area contributed by atoms with Gasteiger partial charge in [0.2, 0.25) is 0 Å². The van der Waals surface area contributed by atoms with E-state index < -0.39 is 17.8 Å². The molecule has 0 spiro atoms. The molecule has 0 heterocycles. The summed E-state index contributed by atoms with van der Waals surface area (Å²) in [5, 5.41) is 10.3. The van der Waals surface area contributed by atoms with Crippen LogP contribution < -0.4 is 0 Å². The maximum Gasteiger partial charge on any atom is 0.416 e. The largest absolute Gasteiger partial charge is 0.416 e. The van der Waals surface area contributed by atoms with Crippen LogP contribution in [0.15, 0.2) is 42.5 Å². The van der Waals surface area contributed by atoms with Crippen LogP contribution in [-0.4, -0.2) is 5.11 Å². The van der Waals surface area contributed by atoms with Gasteiger partial charge in [-0.25, -0.2) is 0 Å². The van der Waals surface area contributed by atoms with Crippen LogP contribution in [0.3, 0.4) is 0 Å². The molecule has 2 rings (SSSR count). The van der Waals surface area contributed by atoms with Gasteiger partial charge < -0.3 is 5.11 Å². The molecule has 0 aliphatic carbocycles. The molecule has 0 amide bonds.